The van der Waals surface area contributed by atoms with E-state index in [0.29, 0.717) is 23.2 Å². The number of benzene rings is 1. The molecule has 0 saturated heterocycles. The molecule has 18 heavy (non-hydrogen) atoms. The third-order valence-electron chi connectivity index (χ3n) is 3.77. The molecule has 0 N–H and O–H groups in total. The van der Waals surface area contributed by atoms with Gasteiger partial charge in [-0.3, -0.25) is 0 Å². The monoisotopic (exact) mass is 248 g/mol. The van der Waals surface area contributed by atoms with Crippen molar-refractivity contribution < 1.29 is 9.13 Å². The van der Waals surface area contributed by atoms with Crippen LogP contribution >= 0.6 is 0 Å². The molecule has 0 radical (unpaired) electrons. The first kappa shape index (κ1) is 11.5. The molecule has 2 unspecified atom stereocenters. The minimum Gasteiger partial charge on any atom is -0.494 e. The minimum atomic E-state index is -0.268. The van der Waals surface area contributed by atoms with Gasteiger partial charge in [-0.25, -0.2) is 4.39 Å². The highest BCUT2D eigenvalue weighted by atomic mass is 19.1. The average Bonchev–Trinajstić information content (AvgIpc) is 3.03. The maximum absolute atomic E-state index is 14.1. The lowest BCUT2D eigenvalue weighted by atomic mass is 10.2. The lowest BCUT2D eigenvalue weighted by Crippen LogP contribution is -2.17. The average molecular weight is 248 g/mol. The van der Waals surface area contributed by atoms with E-state index in [1.807, 2.05) is 18.3 Å². The Balaban J connectivity index is 2.04. The Morgan fingerprint density at radius 3 is 2.72 bits per heavy atom. The molecule has 3 nitrogen and oxygen atoms in total. The molecule has 1 aliphatic rings. The zero-order chi connectivity index (χ0) is 12.9. The predicted octanol–water partition coefficient (Wildman–Crippen LogP) is 2.66. The molecule has 1 heterocycles. The minimum absolute atomic E-state index is 0.268. The third kappa shape index (κ3) is 1.60. The number of nitrogens with zero attached hydrogens (tertiary/aromatic N) is 2. The van der Waals surface area contributed by atoms with Crippen molar-refractivity contribution in [2.75, 3.05) is 21.2 Å². The molecule has 3 rings (SSSR count). The topological polar surface area (TPSA) is 17.4 Å². The second-order valence-corrected chi connectivity index (χ2v) is 5.07. The lowest BCUT2D eigenvalue weighted by Gasteiger charge is -2.11. The number of hydrogen-bond acceptors (Lipinski definition) is 2. The molecule has 1 aromatic carbocycles. The van der Waals surface area contributed by atoms with Crippen LogP contribution in [0.1, 0.15) is 12.5 Å². The maximum Gasteiger partial charge on any atom is 0.174 e. The highest BCUT2D eigenvalue weighted by molar-refractivity contribution is 5.82. The Bertz CT molecular complexity index is 591. The summed E-state index contributed by atoms with van der Waals surface area (Å²) in [5.74, 6) is 0.0380. The molecular formula is C14H17FN2O. The lowest BCUT2D eigenvalue weighted by molar-refractivity contribution is 0.377. The molecule has 4 heteroatoms. The number of likely N-dealkylation sites (N-methyl/N-ethyl adjacent to an activating group) is 1. The van der Waals surface area contributed by atoms with E-state index in [1.165, 1.54) is 7.11 Å². The molecule has 2 atom stereocenters. The van der Waals surface area contributed by atoms with Crippen molar-refractivity contribution in [2.24, 2.45) is 0 Å². The van der Waals surface area contributed by atoms with Crippen molar-refractivity contribution in [1.29, 1.82) is 0 Å². The van der Waals surface area contributed by atoms with Gasteiger partial charge in [0.2, 0.25) is 0 Å². The number of aromatic nitrogens is 1. The van der Waals surface area contributed by atoms with Crippen LogP contribution in [-0.2, 0) is 0 Å². The van der Waals surface area contributed by atoms with E-state index < -0.39 is 0 Å². The second kappa shape index (κ2) is 3.99. The van der Waals surface area contributed by atoms with Crippen molar-refractivity contribution >= 4 is 10.9 Å². The van der Waals surface area contributed by atoms with Gasteiger partial charge in [0.15, 0.2) is 11.6 Å². The smallest absolute Gasteiger partial charge is 0.174 e. The number of ether oxygens (including phenoxy) is 1. The van der Waals surface area contributed by atoms with E-state index in [-0.39, 0.29) is 5.82 Å². The zero-order valence-corrected chi connectivity index (χ0v) is 10.9. The van der Waals surface area contributed by atoms with E-state index >= 15 is 0 Å². The van der Waals surface area contributed by atoms with Crippen LogP contribution < -0.4 is 4.74 Å². The molecule has 1 aromatic heterocycles. The van der Waals surface area contributed by atoms with Crippen LogP contribution in [-0.4, -0.2) is 36.7 Å². The van der Waals surface area contributed by atoms with Crippen LogP contribution in [0.15, 0.2) is 24.4 Å². The van der Waals surface area contributed by atoms with Crippen LogP contribution in [0, 0.1) is 5.82 Å². The van der Waals surface area contributed by atoms with Gasteiger partial charge in [-0.1, -0.05) is 0 Å². The first-order valence-electron chi connectivity index (χ1n) is 6.13. The third-order valence-corrected chi connectivity index (χ3v) is 3.77. The standard InChI is InChI=1S/C14H17FN2O/c1-16(2)11-8-12(11)17-7-6-9-10(17)4-5-13(18-3)14(9)15/h4-7,11-12H,8H2,1-3H3. The summed E-state index contributed by atoms with van der Waals surface area (Å²) in [5, 5.41) is 0.638. The largest absolute Gasteiger partial charge is 0.494 e. The fraction of sp³-hybridized carbons (Fsp3) is 0.429. The van der Waals surface area contributed by atoms with Crippen molar-refractivity contribution in [2.45, 2.75) is 18.5 Å². The summed E-state index contributed by atoms with van der Waals surface area (Å²) in [4.78, 5) is 2.22. The number of rotatable bonds is 3. The Morgan fingerprint density at radius 1 is 1.33 bits per heavy atom. The van der Waals surface area contributed by atoms with Gasteiger partial charge in [-0.2, -0.15) is 0 Å². The summed E-state index contributed by atoms with van der Waals surface area (Å²) in [6, 6.07) is 6.48. The molecule has 0 aliphatic heterocycles. The fourth-order valence-corrected chi connectivity index (χ4v) is 2.65. The number of halogens is 1. The quantitative estimate of drug-likeness (QED) is 0.831. The van der Waals surface area contributed by atoms with E-state index in [9.17, 15) is 4.39 Å². The summed E-state index contributed by atoms with van der Waals surface area (Å²) < 4.78 is 21.2. The summed E-state index contributed by atoms with van der Waals surface area (Å²) in [5.41, 5.74) is 0.947. The molecule has 1 aliphatic carbocycles. The van der Waals surface area contributed by atoms with Gasteiger partial charge < -0.3 is 14.2 Å². The Hall–Kier alpha value is -1.55. The van der Waals surface area contributed by atoms with Crippen molar-refractivity contribution in [1.82, 2.24) is 9.47 Å². The van der Waals surface area contributed by atoms with Gasteiger partial charge in [0.1, 0.15) is 0 Å². The van der Waals surface area contributed by atoms with Crippen LogP contribution in [0.25, 0.3) is 10.9 Å². The summed E-state index contributed by atoms with van der Waals surface area (Å²) in [7, 11) is 5.66. The molecule has 0 bridgehead atoms. The van der Waals surface area contributed by atoms with Gasteiger partial charge >= 0.3 is 0 Å². The number of hydrogen-bond donors (Lipinski definition) is 0. The van der Waals surface area contributed by atoms with E-state index in [2.05, 4.69) is 23.6 Å². The van der Waals surface area contributed by atoms with Crippen LogP contribution in [0.2, 0.25) is 0 Å². The molecule has 2 aromatic rings. The normalized spacial score (nSPS) is 22.7. The fourth-order valence-electron chi connectivity index (χ4n) is 2.65. The summed E-state index contributed by atoms with van der Waals surface area (Å²) in [6.07, 6.45) is 3.10. The molecule has 96 valence electrons. The van der Waals surface area contributed by atoms with E-state index in [0.717, 1.165) is 11.9 Å². The molecule has 0 spiro atoms. The van der Waals surface area contributed by atoms with Gasteiger partial charge in [-0.05, 0) is 38.7 Å². The highest BCUT2D eigenvalue weighted by Crippen LogP contribution is 2.42. The van der Waals surface area contributed by atoms with Crippen LogP contribution in [0.5, 0.6) is 5.75 Å². The SMILES string of the molecule is COc1ccc2c(ccn2C2CC2N(C)C)c1F. The first-order chi connectivity index (χ1) is 8.63. The first-order valence-corrected chi connectivity index (χ1v) is 6.13. The number of methoxy groups -OCH3 is 1. The van der Waals surface area contributed by atoms with E-state index in [4.69, 9.17) is 4.74 Å². The molecular weight excluding hydrogens is 231 g/mol. The molecule has 1 saturated carbocycles. The van der Waals surface area contributed by atoms with Gasteiger partial charge in [0.25, 0.3) is 0 Å². The van der Waals surface area contributed by atoms with E-state index in [1.54, 1.807) is 6.07 Å². The van der Waals surface area contributed by atoms with Crippen molar-refractivity contribution in [3.05, 3.63) is 30.2 Å². The predicted molar refractivity (Wildman–Crippen MR) is 69.6 cm³/mol. The second-order valence-electron chi connectivity index (χ2n) is 5.07. The number of fused-ring (bicyclic) bond motifs is 1. The molecule has 1 fully saturated rings. The van der Waals surface area contributed by atoms with Gasteiger partial charge in [-0.15, -0.1) is 0 Å². The highest BCUT2D eigenvalue weighted by Gasteiger charge is 2.40. The Labute approximate surface area is 106 Å². The maximum atomic E-state index is 14.1. The van der Waals surface area contributed by atoms with Crippen LogP contribution in [0.4, 0.5) is 4.39 Å². The summed E-state index contributed by atoms with van der Waals surface area (Å²) >= 11 is 0. The van der Waals surface area contributed by atoms with Gasteiger partial charge in [0, 0.05) is 17.6 Å². The van der Waals surface area contributed by atoms with Crippen LogP contribution in [0.3, 0.4) is 0 Å². The summed E-state index contributed by atoms with van der Waals surface area (Å²) in [6.45, 7) is 0. The Kier molecular flexibility index (Phi) is 2.55. The zero-order valence-electron chi connectivity index (χ0n) is 10.9. The molecule has 0 amide bonds. The Morgan fingerprint density at radius 2 is 2.11 bits per heavy atom. The van der Waals surface area contributed by atoms with Gasteiger partial charge in [0.05, 0.1) is 18.7 Å². The van der Waals surface area contributed by atoms with Crippen molar-refractivity contribution in [3.8, 4) is 5.75 Å². The van der Waals surface area contributed by atoms with Crippen molar-refractivity contribution in [3.63, 3.8) is 0 Å².